The van der Waals surface area contributed by atoms with Crippen molar-refractivity contribution < 1.29 is 0 Å². The third-order valence-electron chi connectivity index (χ3n) is 7.57. The molecule has 7 aromatic rings. The Morgan fingerprint density at radius 2 is 0.846 bits per heavy atom. The van der Waals surface area contributed by atoms with Crippen LogP contribution < -0.4 is 11.5 Å². The summed E-state index contributed by atoms with van der Waals surface area (Å²) in [5.41, 5.74) is 26.2. The number of nitrogen functional groups attached to an aromatic ring is 2. The van der Waals surface area contributed by atoms with E-state index in [1.807, 2.05) is 36.4 Å². The van der Waals surface area contributed by atoms with E-state index in [0.717, 1.165) is 77.7 Å². The van der Waals surface area contributed by atoms with Crippen LogP contribution in [-0.4, -0.2) is 4.98 Å². The fourth-order valence-corrected chi connectivity index (χ4v) is 5.84. The van der Waals surface area contributed by atoms with Crippen LogP contribution in [0.15, 0.2) is 133 Å². The number of rotatable bonds is 4. The van der Waals surface area contributed by atoms with Crippen LogP contribution in [0.25, 0.3) is 66.3 Å². The summed E-state index contributed by atoms with van der Waals surface area (Å²) in [6.45, 7) is 0. The summed E-state index contributed by atoms with van der Waals surface area (Å²) < 4.78 is 0. The molecule has 1 aromatic heterocycles. The van der Waals surface area contributed by atoms with E-state index >= 15 is 0 Å². The van der Waals surface area contributed by atoms with Gasteiger partial charge in [-0.3, -0.25) is 0 Å². The molecule has 0 saturated carbocycles. The molecule has 0 atom stereocenters. The molecule has 0 radical (unpaired) electrons. The molecule has 0 aliphatic carbocycles. The molecule has 0 unspecified atom stereocenters. The summed E-state index contributed by atoms with van der Waals surface area (Å²) in [7, 11) is 0. The molecule has 0 aliphatic rings. The maximum absolute atomic E-state index is 7.23. The average molecular weight is 502 g/mol. The van der Waals surface area contributed by atoms with Crippen molar-refractivity contribution in [3.05, 3.63) is 133 Å². The van der Waals surface area contributed by atoms with Crippen molar-refractivity contribution in [3.63, 3.8) is 0 Å². The van der Waals surface area contributed by atoms with E-state index in [9.17, 15) is 0 Å². The number of fused-ring (bicyclic) bond motifs is 3. The number of aromatic amines is 1. The minimum Gasteiger partial charge on any atom is -0.398 e. The predicted molar refractivity (Wildman–Crippen MR) is 166 cm³/mol. The molecule has 3 heteroatoms. The van der Waals surface area contributed by atoms with Gasteiger partial charge in [-0.25, -0.2) is 0 Å². The average Bonchev–Trinajstić information content (AvgIpc) is 3.40. The van der Waals surface area contributed by atoms with Crippen molar-refractivity contribution in [2.75, 3.05) is 11.5 Å². The number of hydrogen-bond donors (Lipinski definition) is 3. The van der Waals surface area contributed by atoms with Gasteiger partial charge < -0.3 is 16.5 Å². The molecule has 0 saturated heterocycles. The first-order valence-electron chi connectivity index (χ1n) is 13.1. The Balaban J connectivity index is 1.71. The number of nitrogens with two attached hydrogens (primary N) is 2. The summed E-state index contributed by atoms with van der Waals surface area (Å²) in [5, 5.41) is 1.91. The Hall–Kier alpha value is -5.28. The van der Waals surface area contributed by atoms with Gasteiger partial charge in [-0.15, -0.1) is 0 Å². The molecule has 0 aliphatic heterocycles. The van der Waals surface area contributed by atoms with Crippen LogP contribution in [0.4, 0.5) is 11.4 Å². The van der Waals surface area contributed by atoms with Crippen LogP contribution in [0.3, 0.4) is 0 Å². The van der Waals surface area contributed by atoms with Crippen molar-refractivity contribution in [3.8, 4) is 44.5 Å². The highest BCUT2D eigenvalue weighted by molar-refractivity contribution is 6.27. The molecule has 0 bridgehead atoms. The Bertz CT molecular complexity index is 1940. The van der Waals surface area contributed by atoms with E-state index in [1.165, 1.54) is 0 Å². The van der Waals surface area contributed by atoms with Gasteiger partial charge in [-0.1, -0.05) is 127 Å². The first kappa shape index (κ1) is 22.9. The third kappa shape index (κ3) is 3.67. The fourth-order valence-electron chi connectivity index (χ4n) is 5.84. The molecule has 39 heavy (non-hydrogen) atoms. The summed E-state index contributed by atoms with van der Waals surface area (Å²) in [5.74, 6) is 0. The molecule has 0 fully saturated rings. The van der Waals surface area contributed by atoms with Crippen molar-refractivity contribution in [1.82, 2.24) is 4.98 Å². The number of H-pyrrole nitrogens is 1. The second kappa shape index (κ2) is 9.23. The van der Waals surface area contributed by atoms with Crippen LogP contribution in [-0.2, 0) is 0 Å². The highest BCUT2D eigenvalue weighted by Crippen LogP contribution is 2.51. The zero-order valence-corrected chi connectivity index (χ0v) is 21.4. The van der Waals surface area contributed by atoms with Gasteiger partial charge >= 0.3 is 0 Å². The van der Waals surface area contributed by atoms with Gasteiger partial charge in [-0.05, 0) is 28.3 Å². The first-order chi connectivity index (χ1) is 19.2. The monoisotopic (exact) mass is 501 g/mol. The predicted octanol–water partition coefficient (Wildman–Crippen LogP) is 9.15. The highest BCUT2D eigenvalue weighted by Gasteiger charge is 2.25. The second-order valence-electron chi connectivity index (χ2n) is 9.83. The molecule has 6 aromatic carbocycles. The topological polar surface area (TPSA) is 67.8 Å². The molecule has 0 spiro atoms. The van der Waals surface area contributed by atoms with Crippen LogP contribution >= 0.6 is 0 Å². The fraction of sp³-hybridized carbons (Fsp3) is 0. The standard InChI is InChI=1S/C36H27N3/c37-34-27(23-13-5-1-6-14-23)21-22-28-32(34)33-35(38)30(25-17-9-3-10-18-25)29(24-15-7-2-8-16-24)31(36(33)39-28)26-19-11-4-12-20-26/h1-22,39H,37-38H2. The van der Waals surface area contributed by atoms with E-state index in [0.29, 0.717) is 0 Å². The van der Waals surface area contributed by atoms with Crippen LogP contribution in [0.2, 0.25) is 0 Å². The largest absolute Gasteiger partial charge is 0.398 e. The maximum atomic E-state index is 7.23. The zero-order chi connectivity index (χ0) is 26.3. The molecule has 1 heterocycles. The molecule has 3 nitrogen and oxygen atoms in total. The Morgan fingerprint density at radius 1 is 0.385 bits per heavy atom. The lowest BCUT2D eigenvalue weighted by atomic mass is 9.84. The van der Waals surface area contributed by atoms with Gasteiger partial charge in [0.05, 0.1) is 11.2 Å². The Labute approximate surface area is 227 Å². The number of aromatic nitrogens is 1. The van der Waals surface area contributed by atoms with Gasteiger partial charge in [0, 0.05) is 44.2 Å². The summed E-state index contributed by atoms with van der Waals surface area (Å²) in [6, 6.07) is 46.0. The van der Waals surface area contributed by atoms with Crippen LogP contribution in [0.5, 0.6) is 0 Å². The molecule has 0 amide bonds. The van der Waals surface area contributed by atoms with Gasteiger partial charge in [0.15, 0.2) is 0 Å². The molecule has 7 rings (SSSR count). The van der Waals surface area contributed by atoms with Crippen molar-refractivity contribution >= 4 is 33.2 Å². The summed E-state index contributed by atoms with van der Waals surface area (Å²) in [6.07, 6.45) is 0. The number of nitrogens with one attached hydrogen (secondary N) is 1. The minimum atomic E-state index is 0.720. The maximum Gasteiger partial charge on any atom is 0.0573 e. The van der Waals surface area contributed by atoms with Crippen LogP contribution in [0, 0.1) is 0 Å². The van der Waals surface area contributed by atoms with Gasteiger partial charge in [0.1, 0.15) is 0 Å². The van der Waals surface area contributed by atoms with Gasteiger partial charge in [0.2, 0.25) is 0 Å². The van der Waals surface area contributed by atoms with E-state index < -0.39 is 0 Å². The minimum absolute atomic E-state index is 0.720. The lowest BCUT2D eigenvalue weighted by Crippen LogP contribution is -1.99. The lowest BCUT2D eigenvalue weighted by Gasteiger charge is -2.21. The van der Waals surface area contributed by atoms with E-state index in [4.69, 9.17) is 11.5 Å². The summed E-state index contributed by atoms with van der Waals surface area (Å²) in [4.78, 5) is 3.73. The molecule has 186 valence electrons. The summed E-state index contributed by atoms with van der Waals surface area (Å²) >= 11 is 0. The van der Waals surface area contributed by atoms with Crippen LogP contribution in [0.1, 0.15) is 0 Å². The number of hydrogen-bond acceptors (Lipinski definition) is 2. The second-order valence-corrected chi connectivity index (χ2v) is 9.83. The Morgan fingerprint density at radius 3 is 1.38 bits per heavy atom. The quantitative estimate of drug-likeness (QED) is 0.210. The first-order valence-corrected chi connectivity index (χ1v) is 13.1. The SMILES string of the molecule is Nc1c(-c2ccccc2)ccc2[nH]c3c(-c4ccccc4)c(-c4ccccc4)c(-c4ccccc4)c(N)c3c12. The molecular weight excluding hydrogens is 474 g/mol. The van der Waals surface area contributed by atoms with E-state index in [-0.39, 0.29) is 0 Å². The van der Waals surface area contributed by atoms with Gasteiger partial charge in [-0.2, -0.15) is 0 Å². The molecular formula is C36H27N3. The Kier molecular flexibility index (Phi) is 5.42. The highest BCUT2D eigenvalue weighted by atomic mass is 14.7. The molecule has 5 N–H and O–H groups in total. The third-order valence-corrected chi connectivity index (χ3v) is 7.57. The zero-order valence-electron chi connectivity index (χ0n) is 21.4. The van der Waals surface area contributed by atoms with Gasteiger partial charge in [0.25, 0.3) is 0 Å². The smallest absolute Gasteiger partial charge is 0.0573 e. The van der Waals surface area contributed by atoms with E-state index in [1.54, 1.807) is 0 Å². The van der Waals surface area contributed by atoms with Crippen molar-refractivity contribution in [1.29, 1.82) is 0 Å². The van der Waals surface area contributed by atoms with E-state index in [2.05, 4.69) is 102 Å². The normalized spacial score (nSPS) is 11.3. The van der Waals surface area contributed by atoms with Crippen molar-refractivity contribution in [2.45, 2.75) is 0 Å². The lowest BCUT2D eigenvalue weighted by molar-refractivity contribution is 1.52. The van der Waals surface area contributed by atoms with Crippen molar-refractivity contribution in [2.24, 2.45) is 0 Å². The number of benzene rings is 6. The number of anilines is 2.